The number of aryl methyl sites for hydroxylation is 1. The molecule has 4 heteroatoms. The van der Waals surface area contributed by atoms with Crippen molar-refractivity contribution in [2.45, 2.75) is 44.8 Å². The van der Waals surface area contributed by atoms with Crippen LogP contribution in [0.15, 0.2) is 54.6 Å². The number of nitrogens with one attached hydrogen (secondary N) is 1. The van der Waals surface area contributed by atoms with Crippen molar-refractivity contribution in [1.29, 1.82) is 0 Å². The summed E-state index contributed by atoms with van der Waals surface area (Å²) in [6.07, 6.45) is 2.37. The molecule has 130 valence electrons. The molecule has 0 saturated heterocycles. The van der Waals surface area contributed by atoms with Gasteiger partial charge in [-0.15, -0.1) is 0 Å². The van der Waals surface area contributed by atoms with Gasteiger partial charge in [0.25, 0.3) is 5.91 Å². The number of carbonyl (C=O) groups is 2. The van der Waals surface area contributed by atoms with Crippen LogP contribution in [0.5, 0.6) is 0 Å². The zero-order valence-corrected chi connectivity index (χ0v) is 14.4. The minimum Gasteiger partial charge on any atom is -0.452 e. The molecular weight excluding hydrogens is 314 g/mol. The Bertz CT molecular complexity index is 742. The summed E-state index contributed by atoms with van der Waals surface area (Å²) in [5.74, 6) is -0.638. The number of esters is 1. The summed E-state index contributed by atoms with van der Waals surface area (Å²) in [7, 11) is 0. The summed E-state index contributed by atoms with van der Waals surface area (Å²) in [6, 6.07) is 17.6. The largest absolute Gasteiger partial charge is 0.452 e. The van der Waals surface area contributed by atoms with Gasteiger partial charge in [-0.1, -0.05) is 54.6 Å². The highest BCUT2D eigenvalue weighted by Gasteiger charge is 2.25. The predicted octanol–water partition coefficient (Wildman–Crippen LogP) is 3.35. The molecule has 0 saturated carbocycles. The molecule has 1 aliphatic carbocycles. The third-order valence-corrected chi connectivity index (χ3v) is 4.55. The number of carbonyl (C=O) groups excluding carboxylic acids is 2. The van der Waals surface area contributed by atoms with E-state index in [2.05, 4.69) is 17.4 Å². The van der Waals surface area contributed by atoms with E-state index in [1.807, 2.05) is 42.5 Å². The van der Waals surface area contributed by atoms with Gasteiger partial charge in [0.15, 0.2) is 6.10 Å². The van der Waals surface area contributed by atoms with Crippen LogP contribution < -0.4 is 5.32 Å². The van der Waals surface area contributed by atoms with Crippen LogP contribution in [0.3, 0.4) is 0 Å². The van der Waals surface area contributed by atoms with Gasteiger partial charge in [-0.2, -0.15) is 0 Å². The van der Waals surface area contributed by atoms with E-state index in [9.17, 15) is 9.59 Å². The summed E-state index contributed by atoms with van der Waals surface area (Å²) in [6.45, 7) is 1.62. The van der Waals surface area contributed by atoms with Crippen molar-refractivity contribution in [2.24, 2.45) is 0 Å². The maximum atomic E-state index is 12.4. The van der Waals surface area contributed by atoms with E-state index < -0.39 is 12.1 Å². The SMILES string of the molecule is C[C@@H](OC(=O)Cc1ccccc1)C(=O)N[C@H]1CCCc2ccccc21. The Morgan fingerprint density at radius 1 is 1.12 bits per heavy atom. The molecule has 0 bridgehead atoms. The molecule has 0 aliphatic heterocycles. The van der Waals surface area contributed by atoms with Crippen molar-refractivity contribution in [2.75, 3.05) is 0 Å². The maximum absolute atomic E-state index is 12.4. The van der Waals surface area contributed by atoms with E-state index in [1.165, 1.54) is 11.1 Å². The van der Waals surface area contributed by atoms with E-state index in [-0.39, 0.29) is 18.4 Å². The van der Waals surface area contributed by atoms with Crippen molar-refractivity contribution < 1.29 is 14.3 Å². The van der Waals surface area contributed by atoms with Gasteiger partial charge < -0.3 is 10.1 Å². The van der Waals surface area contributed by atoms with Crippen molar-refractivity contribution >= 4 is 11.9 Å². The van der Waals surface area contributed by atoms with Crippen LogP contribution in [0.25, 0.3) is 0 Å². The molecule has 2 atom stereocenters. The number of hydrogen-bond acceptors (Lipinski definition) is 3. The number of benzene rings is 2. The lowest BCUT2D eigenvalue weighted by Gasteiger charge is -2.27. The molecule has 3 rings (SSSR count). The minimum absolute atomic E-state index is 0.00674. The Balaban J connectivity index is 1.55. The highest BCUT2D eigenvalue weighted by molar-refractivity contribution is 5.84. The average molecular weight is 337 g/mol. The molecule has 25 heavy (non-hydrogen) atoms. The lowest BCUT2D eigenvalue weighted by atomic mass is 9.87. The molecule has 2 aromatic carbocycles. The summed E-state index contributed by atoms with van der Waals surface area (Å²) >= 11 is 0. The van der Waals surface area contributed by atoms with Gasteiger partial charge in [-0.3, -0.25) is 9.59 Å². The highest BCUT2D eigenvalue weighted by atomic mass is 16.5. The molecule has 4 nitrogen and oxygen atoms in total. The molecule has 0 aromatic heterocycles. The van der Waals surface area contributed by atoms with Crippen molar-refractivity contribution in [3.05, 3.63) is 71.3 Å². The molecule has 0 unspecified atom stereocenters. The Morgan fingerprint density at radius 2 is 1.84 bits per heavy atom. The molecule has 0 fully saturated rings. The molecule has 2 aromatic rings. The normalized spacial score (nSPS) is 17.2. The molecule has 0 heterocycles. The number of hydrogen-bond donors (Lipinski definition) is 1. The molecule has 1 aliphatic rings. The molecule has 1 amide bonds. The van der Waals surface area contributed by atoms with Crippen molar-refractivity contribution in [3.8, 4) is 0 Å². The molecular formula is C21H23NO3. The fourth-order valence-corrected chi connectivity index (χ4v) is 3.25. The van der Waals surface area contributed by atoms with E-state index >= 15 is 0 Å². The van der Waals surface area contributed by atoms with Crippen LogP contribution >= 0.6 is 0 Å². The van der Waals surface area contributed by atoms with Crippen LogP contribution in [-0.4, -0.2) is 18.0 Å². The number of ether oxygens (including phenoxy) is 1. The number of amides is 1. The standard InChI is InChI=1S/C21H23NO3/c1-15(25-20(23)14-16-8-3-2-4-9-16)21(24)22-19-13-7-11-17-10-5-6-12-18(17)19/h2-6,8-10,12,15,19H,7,11,13-14H2,1H3,(H,22,24)/t15-,19+/m1/s1. The minimum atomic E-state index is -0.801. The van der Waals surface area contributed by atoms with Crippen molar-refractivity contribution in [1.82, 2.24) is 5.32 Å². The maximum Gasteiger partial charge on any atom is 0.311 e. The van der Waals surface area contributed by atoms with Gasteiger partial charge in [0.1, 0.15) is 0 Å². The monoisotopic (exact) mass is 337 g/mol. The Morgan fingerprint density at radius 3 is 2.64 bits per heavy atom. The van der Waals surface area contributed by atoms with E-state index in [0.29, 0.717) is 0 Å². The van der Waals surface area contributed by atoms with Crippen LogP contribution in [0.4, 0.5) is 0 Å². The summed E-state index contributed by atoms with van der Waals surface area (Å²) < 4.78 is 5.29. The predicted molar refractivity (Wildman–Crippen MR) is 96.0 cm³/mol. The Labute approximate surface area is 148 Å². The second-order valence-electron chi connectivity index (χ2n) is 6.45. The van der Waals surface area contributed by atoms with Gasteiger partial charge >= 0.3 is 5.97 Å². The van der Waals surface area contributed by atoms with Gasteiger partial charge in [-0.05, 0) is 42.9 Å². The quantitative estimate of drug-likeness (QED) is 0.851. The topological polar surface area (TPSA) is 55.4 Å². The second-order valence-corrected chi connectivity index (χ2v) is 6.45. The van der Waals surface area contributed by atoms with Gasteiger partial charge in [-0.25, -0.2) is 0 Å². The zero-order valence-electron chi connectivity index (χ0n) is 14.4. The average Bonchev–Trinajstić information content (AvgIpc) is 2.62. The van der Waals surface area contributed by atoms with Gasteiger partial charge in [0.2, 0.25) is 0 Å². The van der Waals surface area contributed by atoms with Crippen LogP contribution in [-0.2, 0) is 27.2 Å². The molecule has 0 spiro atoms. The first kappa shape index (κ1) is 17.2. The van der Waals surface area contributed by atoms with Gasteiger partial charge in [0.05, 0.1) is 12.5 Å². The lowest BCUT2D eigenvalue weighted by Crippen LogP contribution is -2.39. The first-order valence-corrected chi connectivity index (χ1v) is 8.75. The first-order chi connectivity index (χ1) is 12.1. The third kappa shape index (κ3) is 4.47. The van der Waals surface area contributed by atoms with E-state index in [1.54, 1.807) is 6.92 Å². The molecule has 0 radical (unpaired) electrons. The Hall–Kier alpha value is -2.62. The third-order valence-electron chi connectivity index (χ3n) is 4.55. The fraction of sp³-hybridized carbons (Fsp3) is 0.333. The highest BCUT2D eigenvalue weighted by Crippen LogP contribution is 2.29. The molecule has 1 N–H and O–H groups in total. The number of fused-ring (bicyclic) bond motifs is 1. The van der Waals surface area contributed by atoms with Crippen LogP contribution in [0, 0.1) is 0 Å². The smallest absolute Gasteiger partial charge is 0.311 e. The lowest BCUT2D eigenvalue weighted by molar-refractivity contribution is -0.154. The zero-order chi connectivity index (χ0) is 17.6. The van der Waals surface area contributed by atoms with E-state index in [0.717, 1.165) is 24.8 Å². The fourth-order valence-electron chi connectivity index (χ4n) is 3.25. The van der Waals surface area contributed by atoms with Crippen molar-refractivity contribution in [3.63, 3.8) is 0 Å². The van der Waals surface area contributed by atoms with Crippen LogP contribution in [0.2, 0.25) is 0 Å². The summed E-state index contributed by atoms with van der Waals surface area (Å²) in [5, 5.41) is 3.03. The van der Waals surface area contributed by atoms with Crippen LogP contribution in [0.1, 0.15) is 42.5 Å². The first-order valence-electron chi connectivity index (χ1n) is 8.75. The Kier molecular flexibility index (Phi) is 5.49. The summed E-state index contributed by atoms with van der Waals surface area (Å²) in [4.78, 5) is 24.4. The van der Waals surface area contributed by atoms with Gasteiger partial charge in [0, 0.05) is 0 Å². The number of rotatable bonds is 5. The second kappa shape index (κ2) is 7.97. The van der Waals surface area contributed by atoms with E-state index in [4.69, 9.17) is 4.74 Å². The summed E-state index contributed by atoms with van der Waals surface area (Å²) in [5.41, 5.74) is 3.33.